The minimum absolute atomic E-state index is 0.345. The molecule has 0 heterocycles. The van der Waals surface area contributed by atoms with Crippen molar-refractivity contribution in [3.05, 3.63) is 102 Å². The van der Waals surface area contributed by atoms with E-state index in [1.807, 2.05) is 54.6 Å². The third-order valence-electron chi connectivity index (χ3n) is 3.91. The molecule has 0 bridgehead atoms. The highest BCUT2D eigenvalue weighted by Crippen LogP contribution is 2.24. The van der Waals surface area contributed by atoms with Gasteiger partial charge in [-0.25, -0.2) is 4.79 Å². The molecule has 3 rings (SSSR count). The molecule has 0 saturated heterocycles. The molecular formula is C24H18O2. The number of carbonyl (C=O) groups excluding carboxylic acids is 1. The molecular weight excluding hydrogens is 320 g/mol. The summed E-state index contributed by atoms with van der Waals surface area (Å²) >= 11 is 0. The molecule has 0 saturated carbocycles. The zero-order chi connectivity index (χ0) is 18.2. The lowest BCUT2D eigenvalue weighted by molar-refractivity contribution is 0.0600. The molecule has 0 aliphatic carbocycles. The van der Waals surface area contributed by atoms with Gasteiger partial charge in [0.25, 0.3) is 0 Å². The smallest absolute Gasteiger partial charge is 0.337 e. The van der Waals surface area contributed by atoms with Crippen molar-refractivity contribution in [1.29, 1.82) is 0 Å². The van der Waals surface area contributed by atoms with E-state index in [9.17, 15) is 4.79 Å². The third-order valence-corrected chi connectivity index (χ3v) is 3.91. The number of hydrogen-bond acceptors (Lipinski definition) is 2. The Balaban J connectivity index is 1.76. The maximum atomic E-state index is 11.4. The number of allylic oxidation sites excluding steroid dienone is 1. The SMILES string of the molecule is COC(=O)c1ccc(C#C/C=C/c2ccccc2-c2ccccc2)cc1. The first kappa shape index (κ1) is 17.3. The van der Waals surface area contributed by atoms with E-state index in [0.29, 0.717) is 5.56 Å². The van der Waals surface area contributed by atoms with Crippen LogP contribution in [-0.2, 0) is 4.74 Å². The zero-order valence-corrected chi connectivity index (χ0v) is 14.5. The summed E-state index contributed by atoms with van der Waals surface area (Å²) in [6.45, 7) is 0. The molecule has 0 radical (unpaired) electrons. The van der Waals surface area contributed by atoms with Crippen molar-refractivity contribution in [3.8, 4) is 23.0 Å². The quantitative estimate of drug-likeness (QED) is 0.484. The van der Waals surface area contributed by atoms with Crippen molar-refractivity contribution in [2.24, 2.45) is 0 Å². The largest absolute Gasteiger partial charge is 0.465 e. The molecule has 0 aromatic heterocycles. The van der Waals surface area contributed by atoms with Crippen LogP contribution in [0.1, 0.15) is 21.5 Å². The molecule has 26 heavy (non-hydrogen) atoms. The van der Waals surface area contributed by atoms with Gasteiger partial charge in [-0.15, -0.1) is 0 Å². The van der Waals surface area contributed by atoms with Crippen molar-refractivity contribution in [1.82, 2.24) is 0 Å². The van der Waals surface area contributed by atoms with E-state index in [0.717, 1.165) is 11.1 Å². The summed E-state index contributed by atoms with van der Waals surface area (Å²) in [6.07, 6.45) is 3.86. The summed E-state index contributed by atoms with van der Waals surface area (Å²) in [4.78, 5) is 11.4. The zero-order valence-electron chi connectivity index (χ0n) is 14.5. The van der Waals surface area contributed by atoms with Gasteiger partial charge in [0.2, 0.25) is 0 Å². The Bertz CT molecular complexity index is 972. The maximum absolute atomic E-state index is 11.4. The van der Waals surface area contributed by atoms with Gasteiger partial charge in [0, 0.05) is 5.56 Å². The van der Waals surface area contributed by atoms with Crippen LogP contribution in [0.15, 0.2) is 84.9 Å². The Kier molecular flexibility index (Phi) is 5.65. The molecule has 2 nitrogen and oxygen atoms in total. The molecule has 0 aliphatic heterocycles. The lowest BCUT2D eigenvalue weighted by Gasteiger charge is -2.05. The van der Waals surface area contributed by atoms with Crippen molar-refractivity contribution < 1.29 is 9.53 Å². The lowest BCUT2D eigenvalue weighted by atomic mass is 9.99. The summed E-state index contributed by atoms with van der Waals surface area (Å²) in [5.74, 6) is 5.77. The highest BCUT2D eigenvalue weighted by atomic mass is 16.5. The minimum Gasteiger partial charge on any atom is -0.465 e. The summed E-state index contributed by atoms with van der Waals surface area (Å²) in [6, 6.07) is 25.6. The van der Waals surface area contributed by atoms with Crippen molar-refractivity contribution in [3.63, 3.8) is 0 Å². The number of esters is 1. The average molecular weight is 338 g/mol. The molecule has 0 amide bonds. The van der Waals surface area contributed by atoms with E-state index in [1.165, 1.54) is 18.2 Å². The third kappa shape index (κ3) is 4.28. The van der Waals surface area contributed by atoms with Crippen LogP contribution in [0.4, 0.5) is 0 Å². The van der Waals surface area contributed by atoms with E-state index in [1.54, 1.807) is 12.1 Å². The van der Waals surface area contributed by atoms with Crippen LogP contribution in [-0.4, -0.2) is 13.1 Å². The van der Waals surface area contributed by atoms with Gasteiger partial charge in [-0.1, -0.05) is 66.4 Å². The number of benzene rings is 3. The first-order valence-corrected chi connectivity index (χ1v) is 8.29. The minimum atomic E-state index is -0.345. The fourth-order valence-corrected chi connectivity index (χ4v) is 2.59. The van der Waals surface area contributed by atoms with Crippen molar-refractivity contribution >= 4 is 12.0 Å². The molecule has 0 aliphatic rings. The second-order valence-electron chi connectivity index (χ2n) is 5.62. The molecule has 0 spiro atoms. The van der Waals surface area contributed by atoms with E-state index in [4.69, 9.17) is 0 Å². The molecule has 0 fully saturated rings. The van der Waals surface area contributed by atoms with Gasteiger partial charge in [0.15, 0.2) is 0 Å². The number of hydrogen-bond donors (Lipinski definition) is 0. The van der Waals surface area contributed by atoms with Crippen LogP contribution in [0.5, 0.6) is 0 Å². The summed E-state index contributed by atoms with van der Waals surface area (Å²) in [5, 5.41) is 0. The van der Waals surface area contributed by atoms with Crippen LogP contribution in [0.3, 0.4) is 0 Å². The van der Waals surface area contributed by atoms with Crippen LogP contribution in [0.2, 0.25) is 0 Å². The predicted molar refractivity (Wildman–Crippen MR) is 106 cm³/mol. The number of methoxy groups -OCH3 is 1. The monoisotopic (exact) mass is 338 g/mol. The highest BCUT2D eigenvalue weighted by Gasteiger charge is 2.03. The standard InChI is InChI=1S/C24H18O2/c1-26-24(25)22-17-15-19(16-18-22)9-5-6-12-21-13-7-8-14-23(21)20-10-3-2-4-11-20/h2-4,6-8,10-18H,1H3/b12-6+. The van der Waals surface area contributed by atoms with Crippen LogP contribution < -0.4 is 0 Å². The average Bonchev–Trinajstić information content (AvgIpc) is 2.72. The molecule has 0 atom stereocenters. The molecule has 3 aromatic rings. The maximum Gasteiger partial charge on any atom is 0.337 e. The Morgan fingerprint density at radius 1 is 0.885 bits per heavy atom. The number of ether oxygens (including phenoxy) is 1. The molecule has 0 N–H and O–H groups in total. The highest BCUT2D eigenvalue weighted by molar-refractivity contribution is 5.89. The topological polar surface area (TPSA) is 26.3 Å². The Labute approximate surface area is 153 Å². The number of carbonyl (C=O) groups is 1. The van der Waals surface area contributed by atoms with Gasteiger partial charge < -0.3 is 4.74 Å². The first-order valence-electron chi connectivity index (χ1n) is 8.29. The van der Waals surface area contributed by atoms with Gasteiger partial charge >= 0.3 is 5.97 Å². The normalized spacial score (nSPS) is 10.2. The molecule has 126 valence electrons. The summed E-state index contributed by atoms with van der Waals surface area (Å²) in [5.41, 5.74) is 4.84. The Hall–Kier alpha value is -3.57. The lowest BCUT2D eigenvalue weighted by Crippen LogP contribution is -2.00. The van der Waals surface area contributed by atoms with Gasteiger partial charge in [-0.2, -0.15) is 0 Å². The van der Waals surface area contributed by atoms with Gasteiger partial charge in [-0.3, -0.25) is 0 Å². The van der Waals surface area contributed by atoms with Crippen LogP contribution in [0.25, 0.3) is 17.2 Å². The first-order chi connectivity index (χ1) is 12.8. The van der Waals surface area contributed by atoms with E-state index in [-0.39, 0.29) is 5.97 Å². The fraction of sp³-hybridized carbons (Fsp3) is 0.0417. The van der Waals surface area contributed by atoms with Crippen molar-refractivity contribution in [2.45, 2.75) is 0 Å². The molecule has 0 unspecified atom stereocenters. The second kappa shape index (κ2) is 8.50. The van der Waals surface area contributed by atoms with E-state index < -0.39 is 0 Å². The van der Waals surface area contributed by atoms with E-state index in [2.05, 4.69) is 40.8 Å². The van der Waals surface area contributed by atoms with Gasteiger partial charge in [-0.05, 0) is 53.1 Å². The predicted octanol–water partition coefficient (Wildman–Crippen LogP) is 5.21. The van der Waals surface area contributed by atoms with Crippen LogP contribution >= 0.6 is 0 Å². The molecule has 2 heteroatoms. The summed E-state index contributed by atoms with van der Waals surface area (Å²) in [7, 11) is 1.37. The van der Waals surface area contributed by atoms with Gasteiger partial charge in [0.05, 0.1) is 12.7 Å². The Morgan fingerprint density at radius 2 is 1.58 bits per heavy atom. The molecule has 3 aromatic carbocycles. The van der Waals surface area contributed by atoms with E-state index >= 15 is 0 Å². The number of rotatable bonds is 3. The Morgan fingerprint density at radius 3 is 2.31 bits per heavy atom. The second-order valence-corrected chi connectivity index (χ2v) is 5.62. The van der Waals surface area contributed by atoms with Gasteiger partial charge in [0.1, 0.15) is 0 Å². The summed E-state index contributed by atoms with van der Waals surface area (Å²) < 4.78 is 4.69. The fourth-order valence-electron chi connectivity index (χ4n) is 2.59. The van der Waals surface area contributed by atoms with Crippen molar-refractivity contribution in [2.75, 3.05) is 7.11 Å². The van der Waals surface area contributed by atoms with Crippen LogP contribution in [0, 0.1) is 11.8 Å².